The second-order valence-corrected chi connectivity index (χ2v) is 7.11. The molecule has 0 bridgehead atoms. The van der Waals surface area contributed by atoms with Crippen molar-refractivity contribution in [3.63, 3.8) is 0 Å². The highest BCUT2D eigenvalue weighted by molar-refractivity contribution is 7.12. The molecule has 1 aromatic carbocycles. The quantitative estimate of drug-likeness (QED) is 0.697. The second-order valence-electron chi connectivity index (χ2n) is 5.22. The molecule has 0 spiro atoms. The first-order valence-corrected chi connectivity index (χ1v) is 8.69. The number of rotatable bonds is 2. The van der Waals surface area contributed by atoms with Crippen LogP contribution in [0.2, 0.25) is 0 Å². The van der Waals surface area contributed by atoms with Crippen molar-refractivity contribution in [1.82, 2.24) is 0 Å². The average molecular weight is 329 g/mol. The van der Waals surface area contributed by atoms with Crippen LogP contribution in [0.5, 0.6) is 0 Å². The van der Waals surface area contributed by atoms with E-state index in [0.29, 0.717) is 6.42 Å². The lowest BCUT2D eigenvalue weighted by atomic mass is 9.94. The number of nitrogens with one attached hydrogen (secondary N) is 1. The Bertz CT molecular complexity index is 838. The molecule has 1 aliphatic rings. The topological polar surface area (TPSA) is 29.1 Å². The van der Waals surface area contributed by atoms with Crippen molar-refractivity contribution in [2.75, 3.05) is 5.32 Å². The molecule has 0 saturated carbocycles. The van der Waals surface area contributed by atoms with Gasteiger partial charge in [0.2, 0.25) is 5.91 Å². The zero-order valence-electron chi connectivity index (χ0n) is 11.5. The molecule has 1 amide bonds. The molecule has 0 radical (unpaired) electrons. The molecule has 0 aliphatic carbocycles. The van der Waals surface area contributed by atoms with Gasteiger partial charge < -0.3 is 5.32 Å². The Morgan fingerprint density at radius 1 is 1.18 bits per heavy atom. The lowest BCUT2D eigenvalue weighted by molar-refractivity contribution is -0.116. The molecule has 0 saturated heterocycles. The van der Waals surface area contributed by atoms with Gasteiger partial charge in [-0.15, -0.1) is 22.7 Å². The summed E-state index contributed by atoms with van der Waals surface area (Å²) in [4.78, 5) is 14.5. The summed E-state index contributed by atoms with van der Waals surface area (Å²) in [6.45, 7) is 0. The summed E-state index contributed by atoms with van der Waals surface area (Å²) in [5.74, 6) is -0.146. The molecule has 5 heteroatoms. The first-order valence-electron chi connectivity index (χ1n) is 6.93. The summed E-state index contributed by atoms with van der Waals surface area (Å²) in [7, 11) is 0. The van der Waals surface area contributed by atoms with E-state index in [9.17, 15) is 9.18 Å². The monoisotopic (exact) mass is 329 g/mol. The molecule has 2 nitrogen and oxygen atoms in total. The minimum absolute atomic E-state index is 0.0157. The summed E-state index contributed by atoms with van der Waals surface area (Å²) in [5, 5.41) is 7.01. The zero-order valence-corrected chi connectivity index (χ0v) is 13.1. The van der Waals surface area contributed by atoms with Gasteiger partial charge in [0.05, 0.1) is 5.69 Å². The van der Waals surface area contributed by atoms with Crippen molar-refractivity contribution in [2.24, 2.45) is 0 Å². The Labute approximate surface area is 135 Å². The molecule has 4 rings (SSSR count). The number of halogens is 1. The minimum Gasteiger partial charge on any atom is -0.325 e. The van der Waals surface area contributed by atoms with E-state index in [0.717, 1.165) is 21.7 Å². The van der Waals surface area contributed by atoms with Crippen molar-refractivity contribution in [3.05, 3.63) is 62.7 Å². The molecule has 3 heterocycles. The predicted molar refractivity (Wildman–Crippen MR) is 89.1 cm³/mol. The fraction of sp³-hybridized carbons (Fsp3) is 0.118. The summed E-state index contributed by atoms with van der Waals surface area (Å²) < 4.78 is 13.5. The molecule has 0 unspecified atom stereocenters. The predicted octanol–water partition coefficient (Wildman–Crippen LogP) is 5.09. The molecular formula is C17H12FNOS2. The van der Waals surface area contributed by atoms with Crippen LogP contribution in [0, 0.1) is 5.82 Å². The third kappa shape index (κ3) is 2.26. The Balaban J connectivity index is 1.84. The number of thiophene rings is 2. The number of carbonyl (C=O) groups excluding carboxylic acids is 1. The molecule has 0 fully saturated rings. The maximum Gasteiger partial charge on any atom is 0.225 e. The van der Waals surface area contributed by atoms with E-state index < -0.39 is 0 Å². The van der Waals surface area contributed by atoms with Crippen molar-refractivity contribution >= 4 is 34.3 Å². The van der Waals surface area contributed by atoms with Gasteiger partial charge in [0.15, 0.2) is 0 Å². The fourth-order valence-corrected chi connectivity index (χ4v) is 4.88. The number of benzene rings is 1. The maximum atomic E-state index is 13.5. The molecule has 1 atom stereocenters. The van der Waals surface area contributed by atoms with Crippen molar-refractivity contribution in [1.29, 1.82) is 0 Å². The zero-order chi connectivity index (χ0) is 15.1. The Morgan fingerprint density at radius 2 is 2.09 bits per heavy atom. The van der Waals surface area contributed by atoms with E-state index in [-0.39, 0.29) is 17.6 Å². The molecule has 110 valence electrons. The van der Waals surface area contributed by atoms with Crippen molar-refractivity contribution in [3.8, 4) is 11.1 Å². The van der Waals surface area contributed by atoms with E-state index in [1.54, 1.807) is 28.7 Å². The summed E-state index contributed by atoms with van der Waals surface area (Å²) in [5.41, 5.74) is 2.53. The third-order valence-electron chi connectivity index (χ3n) is 3.81. The van der Waals surface area contributed by atoms with Crippen LogP contribution in [0.1, 0.15) is 22.1 Å². The number of fused-ring (bicyclic) bond motifs is 1. The molecule has 22 heavy (non-hydrogen) atoms. The molecule has 1 aliphatic heterocycles. The lowest BCUT2D eigenvalue weighted by Crippen LogP contribution is -2.21. The fourth-order valence-electron chi connectivity index (χ4n) is 2.81. The summed E-state index contributed by atoms with van der Waals surface area (Å²) >= 11 is 3.30. The SMILES string of the molecule is O=C1C[C@H](c2cccs2)c2scc(-c3cccc(F)c3)c2N1. The van der Waals surface area contributed by atoms with Gasteiger partial charge in [0.1, 0.15) is 5.82 Å². The first-order chi connectivity index (χ1) is 10.7. The highest BCUT2D eigenvalue weighted by Crippen LogP contribution is 2.47. The van der Waals surface area contributed by atoms with E-state index in [1.165, 1.54) is 17.0 Å². The largest absolute Gasteiger partial charge is 0.325 e. The van der Waals surface area contributed by atoms with Crippen LogP contribution >= 0.6 is 22.7 Å². The van der Waals surface area contributed by atoms with E-state index in [1.807, 2.05) is 22.9 Å². The number of hydrogen-bond acceptors (Lipinski definition) is 3. The highest BCUT2D eigenvalue weighted by Gasteiger charge is 2.30. The smallest absolute Gasteiger partial charge is 0.225 e. The van der Waals surface area contributed by atoms with E-state index in [4.69, 9.17) is 0 Å². The van der Waals surface area contributed by atoms with Gasteiger partial charge in [0.25, 0.3) is 0 Å². The van der Waals surface area contributed by atoms with Gasteiger partial charge in [-0.3, -0.25) is 4.79 Å². The van der Waals surface area contributed by atoms with E-state index in [2.05, 4.69) is 11.4 Å². The molecular weight excluding hydrogens is 317 g/mol. The Hall–Kier alpha value is -1.98. The normalized spacial score (nSPS) is 17.1. The summed E-state index contributed by atoms with van der Waals surface area (Å²) in [6.07, 6.45) is 0.469. The van der Waals surface area contributed by atoms with Gasteiger partial charge in [-0.05, 0) is 29.1 Å². The van der Waals surface area contributed by atoms with Crippen LogP contribution in [-0.4, -0.2) is 5.91 Å². The Morgan fingerprint density at radius 3 is 2.86 bits per heavy atom. The van der Waals surface area contributed by atoms with Crippen LogP contribution in [0.25, 0.3) is 11.1 Å². The second kappa shape index (κ2) is 5.34. The van der Waals surface area contributed by atoms with Gasteiger partial charge in [-0.25, -0.2) is 4.39 Å². The minimum atomic E-state index is -0.269. The van der Waals surface area contributed by atoms with Gasteiger partial charge >= 0.3 is 0 Å². The first kappa shape index (κ1) is 13.7. The number of carbonyl (C=O) groups is 1. The van der Waals surface area contributed by atoms with Crippen LogP contribution in [0.4, 0.5) is 10.1 Å². The van der Waals surface area contributed by atoms with E-state index >= 15 is 0 Å². The van der Waals surface area contributed by atoms with Crippen LogP contribution in [0.15, 0.2) is 47.2 Å². The number of amides is 1. The van der Waals surface area contributed by atoms with Gasteiger partial charge in [-0.2, -0.15) is 0 Å². The summed E-state index contributed by atoms with van der Waals surface area (Å²) in [6, 6.07) is 10.6. The number of hydrogen-bond donors (Lipinski definition) is 1. The standard InChI is InChI=1S/C17H12FNOS2/c18-11-4-1-3-10(7-11)13-9-22-17-12(14-5-2-6-21-14)8-15(20)19-16(13)17/h1-7,9,12H,8H2,(H,19,20)/t12-/m1/s1. The maximum absolute atomic E-state index is 13.5. The molecule has 2 aromatic heterocycles. The lowest BCUT2D eigenvalue weighted by Gasteiger charge is -2.22. The molecule has 3 aromatic rings. The van der Waals surface area contributed by atoms with Gasteiger partial charge in [0, 0.05) is 33.0 Å². The third-order valence-corrected chi connectivity index (χ3v) is 5.89. The van der Waals surface area contributed by atoms with Crippen LogP contribution < -0.4 is 5.32 Å². The Kier molecular flexibility index (Phi) is 3.32. The van der Waals surface area contributed by atoms with Crippen LogP contribution in [-0.2, 0) is 4.79 Å². The van der Waals surface area contributed by atoms with Crippen molar-refractivity contribution in [2.45, 2.75) is 12.3 Å². The van der Waals surface area contributed by atoms with Crippen LogP contribution in [0.3, 0.4) is 0 Å². The molecule has 1 N–H and O–H groups in total. The van der Waals surface area contributed by atoms with Gasteiger partial charge in [-0.1, -0.05) is 18.2 Å². The highest BCUT2D eigenvalue weighted by atomic mass is 32.1. The average Bonchev–Trinajstić information content (AvgIpc) is 3.16. The van der Waals surface area contributed by atoms with Crippen molar-refractivity contribution < 1.29 is 9.18 Å². The number of anilines is 1.